The number of methoxy groups -OCH3 is 1. The zero-order chi connectivity index (χ0) is 16.9. The average Bonchev–Trinajstić information content (AvgIpc) is 2.62. The molecule has 2 N–H and O–H groups in total. The van der Waals surface area contributed by atoms with E-state index in [0.717, 1.165) is 11.3 Å². The van der Waals surface area contributed by atoms with Crippen LogP contribution in [-0.2, 0) is 0 Å². The summed E-state index contributed by atoms with van der Waals surface area (Å²) >= 11 is 0. The topological polar surface area (TPSA) is 84.3 Å². The number of aromatic nitrogens is 2. The minimum Gasteiger partial charge on any atom is -0.497 e. The summed E-state index contributed by atoms with van der Waals surface area (Å²) in [5.41, 5.74) is 1.68. The first kappa shape index (κ1) is 15.5. The Balaban J connectivity index is 1.88. The van der Waals surface area contributed by atoms with Crippen molar-refractivity contribution < 1.29 is 14.6 Å². The smallest absolute Gasteiger partial charge is 0.335 e. The summed E-state index contributed by atoms with van der Waals surface area (Å²) in [6, 6.07) is 15.7. The summed E-state index contributed by atoms with van der Waals surface area (Å²) in [6.07, 6.45) is 1.64. The van der Waals surface area contributed by atoms with Crippen molar-refractivity contribution in [1.82, 2.24) is 9.97 Å². The number of rotatable bonds is 5. The van der Waals surface area contributed by atoms with Crippen molar-refractivity contribution in [3.63, 3.8) is 0 Å². The Morgan fingerprint density at radius 1 is 1.12 bits per heavy atom. The number of benzene rings is 2. The molecular weight excluding hydrogens is 306 g/mol. The van der Waals surface area contributed by atoms with Gasteiger partial charge in [-0.2, -0.15) is 0 Å². The monoisotopic (exact) mass is 321 g/mol. The number of hydrogen-bond acceptors (Lipinski definition) is 5. The van der Waals surface area contributed by atoms with Crippen molar-refractivity contribution in [3.8, 4) is 17.1 Å². The minimum absolute atomic E-state index is 0.210. The van der Waals surface area contributed by atoms with Gasteiger partial charge in [-0.3, -0.25) is 0 Å². The molecule has 0 amide bonds. The van der Waals surface area contributed by atoms with Gasteiger partial charge in [0.2, 0.25) is 0 Å². The highest BCUT2D eigenvalue weighted by atomic mass is 16.5. The largest absolute Gasteiger partial charge is 0.497 e. The van der Waals surface area contributed by atoms with Crippen molar-refractivity contribution >= 4 is 17.5 Å². The number of aromatic carboxylic acids is 1. The second kappa shape index (κ2) is 6.78. The van der Waals surface area contributed by atoms with E-state index in [1.807, 2.05) is 24.3 Å². The number of ether oxygens (including phenoxy) is 1. The van der Waals surface area contributed by atoms with E-state index in [1.54, 1.807) is 37.6 Å². The van der Waals surface area contributed by atoms with E-state index in [9.17, 15) is 4.79 Å². The van der Waals surface area contributed by atoms with Gasteiger partial charge in [-0.1, -0.05) is 18.2 Å². The van der Waals surface area contributed by atoms with E-state index in [-0.39, 0.29) is 5.56 Å². The van der Waals surface area contributed by atoms with Gasteiger partial charge in [0.15, 0.2) is 5.82 Å². The van der Waals surface area contributed by atoms with Crippen LogP contribution >= 0.6 is 0 Å². The Morgan fingerprint density at radius 3 is 2.75 bits per heavy atom. The highest BCUT2D eigenvalue weighted by molar-refractivity contribution is 5.89. The fourth-order valence-corrected chi connectivity index (χ4v) is 2.21. The summed E-state index contributed by atoms with van der Waals surface area (Å²) in [5, 5.41) is 12.1. The number of carbonyl (C=O) groups is 1. The van der Waals surface area contributed by atoms with E-state index in [0.29, 0.717) is 17.3 Å². The minimum atomic E-state index is -0.974. The molecule has 1 heterocycles. The van der Waals surface area contributed by atoms with Crippen LogP contribution in [0.3, 0.4) is 0 Å². The molecule has 0 aliphatic rings. The summed E-state index contributed by atoms with van der Waals surface area (Å²) in [6.45, 7) is 0. The molecule has 6 nitrogen and oxygen atoms in total. The Hall–Kier alpha value is -3.41. The van der Waals surface area contributed by atoms with Gasteiger partial charge in [0.25, 0.3) is 0 Å². The molecule has 1 aromatic heterocycles. The fraction of sp³-hybridized carbons (Fsp3) is 0.0556. The molecule has 0 radical (unpaired) electrons. The summed E-state index contributed by atoms with van der Waals surface area (Å²) in [7, 11) is 1.60. The van der Waals surface area contributed by atoms with Gasteiger partial charge in [0.1, 0.15) is 11.6 Å². The van der Waals surface area contributed by atoms with Gasteiger partial charge in [0, 0.05) is 17.4 Å². The Bertz CT molecular complexity index is 881. The molecule has 0 saturated carbocycles. The van der Waals surface area contributed by atoms with Gasteiger partial charge >= 0.3 is 5.97 Å². The lowest BCUT2D eigenvalue weighted by Crippen LogP contribution is -2.00. The molecule has 0 aliphatic carbocycles. The van der Waals surface area contributed by atoms with Crippen molar-refractivity contribution in [2.24, 2.45) is 0 Å². The molecule has 0 saturated heterocycles. The van der Waals surface area contributed by atoms with Crippen LogP contribution in [0.1, 0.15) is 10.4 Å². The van der Waals surface area contributed by atoms with Crippen LogP contribution in [0.15, 0.2) is 60.8 Å². The molecule has 0 spiro atoms. The molecule has 0 bridgehead atoms. The number of carboxylic acid groups (broad SMARTS) is 1. The molecule has 0 atom stereocenters. The Kier molecular flexibility index (Phi) is 4.38. The quantitative estimate of drug-likeness (QED) is 0.747. The molecule has 0 fully saturated rings. The number of carboxylic acids is 1. The number of hydrogen-bond donors (Lipinski definition) is 2. The Labute approximate surface area is 138 Å². The maximum Gasteiger partial charge on any atom is 0.335 e. The van der Waals surface area contributed by atoms with Crippen molar-refractivity contribution in [2.75, 3.05) is 12.4 Å². The van der Waals surface area contributed by atoms with Crippen LogP contribution < -0.4 is 10.1 Å². The third-order valence-corrected chi connectivity index (χ3v) is 3.37. The number of nitrogens with zero attached hydrogens (tertiary/aromatic N) is 2. The first-order valence-corrected chi connectivity index (χ1v) is 7.23. The maximum absolute atomic E-state index is 11.0. The van der Waals surface area contributed by atoms with E-state index in [2.05, 4.69) is 15.3 Å². The lowest BCUT2D eigenvalue weighted by atomic mass is 10.2. The van der Waals surface area contributed by atoms with Crippen LogP contribution in [-0.4, -0.2) is 28.2 Å². The summed E-state index contributed by atoms with van der Waals surface area (Å²) in [4.78, 5) is 19.8. The van der Waals surface area contributed by atoms with Crippen molar-refractivity contribution in [1.29, 1.82) is 0 Å². The predicted octanol–water partition coefficient (Wildman–Crippen LogP) is 3.59. The average molecular weight is 321 g/mol. The van der Waals surface area contributed by atoms with E-state index in [4.69, 9.17) is 9.84 Å². The van der Waals surface area contributed by atoms with Gasteiger partial charge < -0.3 is 15.2 Å². The normalized spacial score (nSPS) is 10.2. The van der Waals surface area contributed by atoms with E-state index < -0.39 is 5.97 Å². The second-order valence-corrected chi connectivity index (χ2v) is 5.01. The lowest BCUT2D eigenvalue weighted by Gasteiger charge is -2.08. The van der Waals surface area contributed by atoms with E-state index >= 15 is 0 Å². The van der Waals surface area contributed by atoms with Crippen LogP contribution in [0.4, 0.5) is 11.5 Å². The molecule has 2 aromatic carbocycles. The fourth-order valence-electron chi connectivity index (χ4n) is 2.21. The van der Waals surface area contributed by atoms with Crippen LogP contribution in [0, 0.1) is 0 Å². The Morgan fingerprint density at radius 2 is 1.96 bits per heavy atom. The van der Waals surface area contributed by atoms with Crippen LogP contribution in [0.2, 0.25) is 0 Å². The molecule has 24 heavy (non-hydrogen) atoms. The lowest BCUT2D eigenvalue weighted by molar-refractivity contribution is 0.0697. The molecule has 3 aromatic rings. The van der Waals surface area contributed by atoms with Crippen molar-refractivity contribution in [2.45, 2.75) is 0 Å². The van der Waals surface area contributed by atoms with Crippen LogP contribution in [0.25, 0.3) is 11.4 Å². The number of anilines is 2. The van der Waals surface area contributed by atoms with E-state index in [1.165, 1.54) is 6.07 Å². The third kappa shape index (κ3) is 3.49. The maximum atomic E-state index is 11.0. The third-order valence-electron chi connectivity index (χ3n) is 3.37. The van der Waals surface area contributed by atoms with Gasteiger partial charge in [-0.25, -0.2) is 14.8 Å². The highest BCUT2D eigenvalue weighted by Gasteiger charge is 2.06. The number of nitrogens with one attached hydrogen (secondary N) is 1. The standard InChI is InChI=1S/C18H15N3O3/c1-24-15-7-3-4-12(11-15)17-19-9-8-16(21-17)20-14-6-2-5-13(10-14)18(22)23/h2-11H,1H3,(H,22,23)(H,19,20,21). The SMILES string of the molecule is COc1cccc(-c2nccc(Nc3cccc(C(=O)O)c3)n2)c1. The first-order valence-electron chi connectivity index (χ1n) is 7.23. The van der Waals surface area contributed by atoms with Crippen molar-refractivity contribution in [3.05, 3.63) is 66.4 Å². The summed E-state index contributed by atoms with van der Waals surface area (Å²) < 4.78 is 5.21. The summed E-state index contributed by atoms with van der Waals surface area (Å²) in [5.74, 6) is 0.876. The zero-order valence-electron chi connectivity index (χ0n) is 12.9. The van der Waals surface area contributed by atoms with Gasteiger partial charge in [0.05, 0.1) is 12.7 Å². The van der Waals surface area contributed by atoms with Crippen LogP contribution in [0.5, 0.6) is 5.75 Å². The molecule has 0 unspecified atom stereocenters. The first-order chi connectivity index (χ1) is 11.7. The molecule has 0 aliphatic heterocycles. The molecule has 6 heteroatoms. The predicted molar refractivity (Wildman–Crippen MR) is 90.7 cm³/mol. The molecule has 3 rings (SSSR count). The second-order valence-electron chi connectivity index (χ2n) is 5.01. The van der Waals surface area contributed by atoms with Gasteiger partial charge in [-0.05, 0) is 36.4 Å². The zero-order valence-corrected chi connectivity index (χ0v) is 12.9. The molecular formula is C18H15N3O3. The van der Waals surface area contributed by atoms with Gasteiger partial charge in [-0.15, -0.1) is 0 Å². The highest BCUT2D eigenvalue weighted by Crippen LogP contribution is 2.23. The molecule has 120 valence electrons.